The fraction of sp³-hybridized carbons (Fsp3) is 0.750. The summed E-state index contributed by atoms with van der Waals surface area (Å²) in [4.78, 5) is 23.0. The summed E-state index contributed by atoms with van der Waals surface area (Å²) >= 11 is 0. The molecule has 124 valence electrons. The Morgan fingerprint density at radius 3 is 2.77 bits per heavy atom. The Bertz CT molecular complexity index is 485. The predicted octanol–water partition coefficient (Wildman–Crippen LogP) is 0.447. The summed E-state index contributed by atoms with van der Waals surface area (Å²) in [6.07, 6.45) is 6.79. The van der Waals surface area contributed by atoms with Crippen LogP contribution in [0.2, 0.25) is 0 Å². The van der Waals surface area contributed by atoms with Crippen LogP contribution in [0.15, 0.2) is 12.4 Å². The second kappa shape index (κ2) is 7.74. The molecule has 0 saturated carbocycles. The van der Waals surface area contributed by atoms with Gasteiger partial charge >= 0.3 is 0 Å². The molecule has 0 aliphatic carbocycles. The van der Waals surface area contributed by atoms with E-state index >= 15 is 0 Å². The summed E-state index contributed by atoms with van der Waals surface area (Å²) in [6.45, 7) is 3.36. The Morgan fingerprint density at radius 1 is 1.41 bits per heavy atom. The molecule has 0 bridgehead atoms. The number of likely N-dealkylation sites (N-methyl/N-ethyl adjacent to an activating group) is 2. The molecule has 2 heterocycles. The zero-order valence-electron chi connectivity index (χ0n) is 14.3. The second-order valence-electron chi connectivity index (χ2n) is 6.51. The zero-order valence-corrected chi connectivity index (χ0v) is 14.3. The van der Waals surface area contributed by atoms with Gasteiger partial charge in [0.1, 0.15) is 5.82 Å². The predicted molar refractivity (Wildman–Crippen MR) is 87.7 cm³/mol. The van der Waals surface area contributed by atoms with Gasteiger partial charge in [-0.2, -0.15) is 0 Å². The minimum Gasteiger partial charge on any atom is -0.345 e. The standard InChI is InChI=1S/C16H29N5O/c1-18(2)14-7-10-21(12-14)13-16(22)20(4)9-5-6-15-17-8-11-19(15)3/h8,11,14H,5-7,9-10,12-13H2,1-4H3/t14-/m1/s1. The number of hydrogen-bond donors (Lipinski definition) is 0. The van der Waals surface area contributed by atoms with Gasteiger partial charge in [0, 0.05) is 58.6 Å². The number of aromatic nitrogens is 2. The van der Waals surface area contributed by atoms with Gasteiger partial charge in [0.15, 0.2) is 0 Å². The Labute approximate surface area is 133 Å². The monoisotopic (exact) mass is 307 g/mol. The van der Waals surface area contributed by atoms with E-state index in [0.29, 0.717) is 12.6 Å². The molecular formula is C16H29N5O. The van der Waals surface area contributed by atoms with Crippen molar-refractivity contribution in [3.05, 3.63) is 18.2 Å². The quantitative estimate of drug-likeness (QED) is 0.733. The molecule has 22 heavy (non-hydrogen) atoms. The highest BCUT2D eigenvalue weighted by Crippen LogP contribution is 2.13. The van der Waals surface area contributed by atoms with E-state index < -0.39 is 0 Å². The van der Waals surface area contributed by atoms with Gasteiger partial charge in [0.25, 0.3) is 0 Å². The summed E-state index contributed by atoms with van der Waals surface area (Å²) in [6, 6.07) is 0.585. The molecule has 1 amide bonds. The van der Waals surface area contributed by atoms with Crippen LogP contribution >= 0.6 is 0 Å². The van der Waals surface area contributed by atoms with Crippen molar-refractivity contribution in [2.24, 2.45) is 7.05 Å². The van der Waals surface area contributed by atoms with Gasteiger partial charge < -0.3 is 14.4 Å². The van der Waals surface area contributed by atoms with Crippen LogP contribution in [0.4, 0.5) is 0 Å². The van der Waals surface area contributed by atoms with Crippen molar-refractivity contribution in [3.8, 4) is 0 Å². The van der Waals surface area contributed by atoms with Crippen molar-refractivity contribution >= 4 is 5.91 Å². The third-order valence-electron chi connectivity index (χ3n) is 4.58. The molecule has 2 rings (SSSR count). The number of likely N-dealkylation sites (tertiary alicyclic amines) is 1. The van der Waals surface area contributed by atoms with Crippen LogP contribution in [0.1, 0.15) is 18.7 Å². The maximum Gasteiger partial charge on any atom is 0.236 e. The average Bonchev–Trinajstić information content (AvgIpc) is 3.08. The minimum atomic E-state index is 0.222. The molecule has 0 N–H and O–H groups in total. The molecule has 0 unspecified atom stereocenters. The van der Waals surface area contributed by atoms with E-state index in [1.807, 2.05) is 36.0 Å². The molecule has 6 heteroatoms. The van der Waals surface area contributed by atoms with Crippen molar-refractivity contribution in [2.75, 3.05) is 47.3 Å². The van der Waals surface area contributed by atoms with Crippen molar-refractivity contribution in [1.29, 1.82) is 0 Å². The van der Waals surface area contributed by atoms with Crippen LogP contribution in [0.25, 0.3) is 0 Å². The number of rotatable bonds is 7. The summed E-state index contributed by atoms with van der Waals surface area (Å²) in [5, 5.41) is 0. The number of aryl methyl sites for hydroxylation is 2. The van der Waals surface area contributed by atoms with Gasteiger partial charge in [-0.15, -0.1) is 0 Å². The summed E-state index contributed by atoms with van der Waals surface area (Å²) in [7, 11) is 8.13. The van der Waals surface area contributed by atoms with Crippen molar-refractivity contribution in [2.45, 2.75) is 25.3 Å². The number of imidazole rings is 1. The molecule has 0 radical (unpaired) electrons. The summed E-state index contributed by atoms with van der Waals surface area (Å²) in [5.41, 5.74) is 0. The van der Waals surface area contributed by atoms with Gasteiger partial charge in [0.05, 0.1) is 6.54 Å². The molecule has 1 aromatic rings. The van der Waals surface area contributed by atoms with E-state index in [1.54, 1.807) is 0 Å². The maximum absolute atomic E-state index is 12.3. The van der Waals surface area contributed by atoms with Gasteiger partial charge in [-0.05, 0) is 26.9 Å². The van der Waals surface area contributed by atoms with Gasteiger partial charge in [-0.25, -0.2) is 4.98 Å². The van der Waals surface area contributed by atoms with Gasteiger partial charge in [-0.1, -0.05) is 0 Å². The normalized spacial score (nSPS) is 19.0. The molecule has 1 saturated heterocycles. The van der Waals surface area contributed by atoms with E-state index in [0.717, 1.165) is 44.7 Å². The van der Waals surface area contributed by atoms with Crippen molar-refractivity contribution in [1.82, 2.24) is 24.3 Å². The van der Waals surface area contributed by atoms with E-state index in [2.05, 4.69) is 28.9 Å². The molecule has 1 aliphatic heterocycles. The molecule has 0 aromatic carbocycles. The SMILES string of the molecule is CN(CCCc1nccn1C)C(=O)CN1CC[C@@H](N(C)C)C1. The van der Waals surface area contributed by atoms with E-state index in [-0.39, 0.29) is 5.91 Å². The number of carbonyl (C=O) groups is 1. The Morgan fingerprint density at radius 2 is 2.18 bits per heavy atom. The fourth-order valence-corrected chi connectivity index (χ4v) is 2.93. The molecule has 1 aromatic heterocycles. The lowest BCUT2D eigenvalue weighted by molar-refractivity contribution is -0.130. The topological polar surface area (TPSA) is 44.6 Å². The Balaban J connectivity index is 1.68. The molecule has 6 nitrogen and oxygen atoms in total. The van der Waals surface area contributed by atoms with Crippen molar-refractivity contribution < 1.29 is 4.79 Å². The molecular weight excluding hydrogens is 278 g/mol. The largest absolute Gasteiger partial charge is 0.345 e. The lowest BCUT2D eigenvalue weighted by Crippen LogP contribution is -2.39. The molecule has 1 fully saturated rings. The van der Waals surface area contributed by atoms with E-state index in [1.165, 1.54) is 0 Å². The molecule has 1 aliphatic rings. The number of carbonyl (C=O) groups excluding carboxylic acids is 1. The van der Waals surface area contributed by atoms with Crippen LogP contribution in [-0.2, 0) is 18.3 Å². The first-order chi connectivity index (χ1) is 10.5. The smallest absolute Gasteiger partial charge is 0.236 e. The highest BCUT2D eigenvalue weighted by Gasteiger charge is 2.25. The summed E-state index contributed by atoms with van der Waals surface area (Å²) in [5.74, 6) is 1.30. The van der Waals surface area contributed by atoms with Crippen LogP contribution in [0.3, 0.4) is 0 Å². The summed E-state index contributed by atoms with van der Waals surface area (Å²) < 4.78 is 2.04. The third-order valence-corrected chi connectivity index (χ3v) is 4.58. The molecule has 1 atom stereocenters. The maximum atomic E-state index is 12.3. The first-order valence-corrected chi connectivity index (χ1v) is 8.06. The number of amides is 1. The highest BCUT2D eigenvalue weighted by molar-refractivity contribution is 5.78. The number of nitrogens with zero attached hydrogens (tertiary/aromatic N) is 5. The van der Waals surface area contributed by atoms with Crippen LogP contribution in [0, 0.1) is 0 Å². The Hall–Kier alpha value is -1.40. The minimum absolute atomic E-state index is 0.222. The second-order valence-corrected chi connectivity index (χ2v) is 6.51. The third kappa shape index (κ3) is 4.55. The first-order valence-electron chi connectivity index (χ1n) is 8.06. The zero-order chi connectivity index (χ0) is 16.1. The fourth-order valence-electron chi connectivity index (χ4n) is 2.93. The average molecular weight is 307 g/mol. The van der Waals surface area contributed by atoms with Gasteiger partial charge in [0.2, 0.25) is 5.91 Å². The lowest BCUT2D eigenvalue weighted by atomic mass is 10.2. The highest BCUT2D eigenvalue weighted by atomic mass is 16.2. The number of hydrogen-bond acceptors (Lipinski definition) is 4. The van der Waals surface area contributed by atoms with Crippen molar-refractivity contribution in [3.63, 3.8) is 0 Å². The van der Waals surface area contributed by atoms with E-state index in [9.17, 15) is 4.79 Å². The van der Waals surface area contributed by atoms with Crippen LogP contribution in [-0.4, -0.2) is 83.5 Å². The Kier molecular flexibility index (Phi) is 5.97. The van der Waals surface area contributed by atoms with Gasteiger partial charge in [-0.3, -0.25) is 9.69 Å². The lowest BCUT2D eigenvalue weighted by Gasteiger charge is -2.23. The van der Waals surface area contributed by atoms with E-state index in [4.69, 9.17) is 0 Å². The first kappa shape index (κ1) is 17.0. The van der Waals surface area contributed by atoms with Crippen LogP contribution in [0.5, 0.6) is 0 Å². The van der Waals surface area contributed by atoms with Crippen LogP contribution < -0.4 is 0 Å². The molecule has 0 spiro atoms.